The van der Waals surface area contributed by atoms with Crippen LogP contribution in [0.4, 0.5) is 0 Å². The van der Waals surface area contributed by atoms with E-state index in [0.717, 1.165) is 0 Å². The van der Waals surface area contributed by atoms with E-state index in [2.05, 4.69) is 0 Å². The fraction of sp³-hybridized carbons (Fsp3) is 0.304. The first-order chi connectivity index (χ1) is 14.5. The number of aliphatic hydroxyl groups excluding tert-OH is 1. The van der Waals surface area contributed by atoms with Crippen LogP contribution in [0.5, 0.6) is 5.75 Å². The van der Waals surface area contributed by atoms with Gasteiger partial charge < -0.3 is 19.5 Å². The third kappa shape index (κ3) is 4.50. The van der Waals surface area contributed by atoms with E-state index >= 15 is 0 Å². The van der Waals surface area contributed by atoms with E-state index in [1.165, 1.54) is 4.90 Å². The predicted octanol–water partition coefficient (Wildman–Crippen LogP) is 4.20. The van der Waals surface area contributed by atoms with Crippen LogP contribution < -0.4 is 4.74 Å². The van der Waals surface area contributed by atoms with Crippen LogP contribution in [-0.4, -0.2) is 48.6 Å². The lowest BCUT2D eigenvalue weighted by atomic mass is 9.95. The van der Waals surface area contributed by atoms with E-state index in [-0.39, 0.29) is 11.3 Å². The summed E-state index contributed by atoms with van der Waals surface area (Å²) in [6.45, 7) is 3.29. The van der Waals surface area contributed by atoms with Crippen molar-refractivity contribution in [2.45, 2.75) is 19.4 Å². The number of likely N-dealkylation sites (tertiary alicyclic amines) is 1. The van der Waals surface area contributed by atoms with Gasteiger partial charge in [0, 0.05) is 30.3 Å². The highest BCUT2D eigenvalue weighted by Gasteiger charge is 2.45. The number of hydrogen-bond acceptors (Lipinski definition) is 5. The van der Waals surface area contributed by atoms with E-state index in [4.69, 9.17) is 21.1 Å². The molecule has 3 rings (SSSR count). The van der Waals surface area contributed by atoms with Crippen molar-refractivity contribution in [3.05, 3.63) is 70.3 Å². The molecule has 6 nitrogen and oxygen atoms in total. The van der Waals surface area contributed by atoms with Crippen molar-refractivity contribution in [3.8, 4) is 5.75 Å². The van der Waals surface area contributed by atoms with Gasteiger partial charge in [-0.25, -0.2) is 0 Å². The SMILES string of the molecule is CCOCCCN1C(=O)C(=O)C(=C(O)c2ccc(OC)cc2)[C@@H]1c1ccc(Cl)cc1. The van der Waals surface area contributed by atoms with Gasteiger partial charge >= 0.3 is 0 Å². The van der Waals surface area contributed by atoms with Crippen molar-refractivity contribution in [2.75, 3.05) is 26.9 Å². The first-order valence-corrected chi connectivity index (χ1v) is 10.1. The van der Waals surface area contributed by atoms with Gasteiger partial charge in [-0.15, -0.1) is 0 Å². The smallest absolute Gasteiger partial charge is 0.295 e. The normalized spacial score (nSPS) is 18.1. The lowest BCUT2D eigenvalue weighted by Crippen LogP contribution is -2.31. The summed E-state index contributed by atoms with van der Waals surface area (Å²) >= 11 is 6.02. The fourth-order valence-electron chi connectivity index (χ4n) is 3.49. The Morgan fingerprint density at radius 1 is 1.10 bits per heavy atom. The maximum absolute atomic E-state index is 12.9. The molecule has 0 aliphatic carbocycles. The predicted molar refractivity (Wildman–Crippen MR) is 115 cm³/mol. The second kappa shape index (κ2) is 9.78. The number of carbonyl (C=O) groups is 2. The molecule has 0 saturated carbocycles. The number of methoxy groups -OCH3 is 1. The van der Waals surface area contributed by atoms with Crippen LogP contribution >= 0.6 is 11.6 Å². The van der Waals surface area contributed by atoms with E-state index < -0.39 is 17.7 Å². The molecular weight excluding hydrogens is 406 g/mol. The average Bonchev–Trinajstić information content (AvgIpc) is 3.01. The summed E-state index contributed by atoms with van der Waals surface area (Å²) in [5, 5.41) is 11.5. The van der Waals surface area contributed by atoms with E-state index in [0.29, 0.717) is 48.1 Å². The Morgan fingerprint density at radius 3 is 2.37 bits per heavy atom. The third-order valence-corrected chi connectivity index (χ3v) is 5.23. The van der Waals surface area contributed by atoms with Gasteiger partial charge in [-0.1, -0.05) is 23.7 Å². The largest absolute Gasteiger partial charge is 0.507 e. The quantitative estimate of drug-likeness (QED) is 0.294. The molecule has 0 aromatic heterocycles. The van der Waals surface area contributed by atoms with Crippen LogP contribution in [0.1, 0.15) is 30.5 Å². The average molecular weight is 430 g/mol. The van der Waals surface area contributed by atoms with Gasteiger partial charge in [0.15, 0.2) is 0 Å². The first-order valence-electron chi connectivity index (χ1n) is 9.74. The van der Waals surface area contributed by atoms with Gasteiger partial charge in [0.25, 0.3) is 11.7 Å². The molecule has 0 unspecified atom stereocenters. The molecule has 0 spiro atoms. The summed E-state index contributed by atoms with van der Waals surface area (Å²) in [6.07, 6.45) is 0.577. The Labute approximate surface area is 180 Å². The molecule has 1 amide bonds. The summed E-state index contributed by atoms with van der Waals surface area (Å²) in [5.41, 5.74) is 1.19. The monoisotopic (exact) mass is 429 g/mol. The number of ether oxygens (including phenoxy) is 2. The van der Waals surface area contributed by atoms with Crippen LogP contribution in [0, 0.1) is 0 Å². The number of carbonyl (C=O) groups excluding carboxylic acids is 2. The number of benzene rings is 2. The molecule has 0 bridgehead atoms. The standard InChI is InChI=1S/C23H24ClNO5/c1-3-30-14-4-13-25-20(15-5-9-17(24)10-6-15)19(22(27)23(25)28)21(26)16-7-11-18(29-2)12-8-16/h5-12,20,26H,3-4,13-14H2,1-2H3/t20-/m0/s1. The fourth-order valence-corrected chi connectivity index (χ4v) is 3.61. The molecule has 2 aromatic rings. The van der Waals surface area contributed by atoms with Crippen LogP contribution in [-0.2, 0) is 14.3 Å². The van der Waals surface area contributed by atoms with Gasteiger partial charge in [0.1, 0.15) is 11.5 Å². The minimum atomic E-state index is -0.709. The van der Waals surface area contributed by atoms with Crippen molar-refractivity contribution in [1.29, 1.82) is 0 Å². The highest BCUT2D eigenvalue weighted by atomic mass is 35.5. The first kappa shape index (κ1) is 21.9. The molecule has 1 saturated heterocycles. The molecule has 1 atom stereocenters. The Hall–Kier alpha value is -2.83. The third-order valence-electron chi connectivity index (χ3n) is 4.98. The highest BCUT2D eigenvalue weighted by Crippen LogP contribution is 2.39. The molecule has 1 fully saturated rings. The Balaban J connectivity index is 2.04. The molecule has 158 valence electrons. The zero-order chi connectivity index (χ0) is 21.7. The molecular formula is C23H24ClNO5. The molecule has 1 heterocycles. The molecule has 1 N–H and O–H groups in total. The van der Waals surface area contributed by atoms with Crippen molar-refractivity contribution in [3.63, 3.8) is 0 Å². The lowest BCUT2D eigenvalue weighted by molar-refractivity contribution is -0.140. The second-order valence-electron chi connectivity index (χ2n) is 6.82. The number of ketones is 1. The van der Waals surface area contributed by atoms with Gasteiger partial charge in [-0.3, -0.25) is 9.59 Å². The van der Waals surface area contributed by atoms with Crippen LogP contribution in [0.2, 0.25) is 5.02 Å². The molecule has 0 radical (unpaired) electrons. The molecule has 2 aromatic carbocycles. The summed E-state index contributed by atoms with van der Waals surface area (Å²) in [7, 11) is 1.54. The van der Waals surface area contributed by atoms with Gasteiger partial charge in [-0.2, -0.15) is 0 Å². The Morgan fingerprint density at radius 2 is 1.77 bits per heavy atom. The van der Waals surface area contributed by atoms with Crippen LogP contribution in [0.15, 0.2) is 54.1 Å². The van der Waals surface area contributed by atoms with E-state index in [1.807, 2.05) is 6.92 Å². The lowest BCUT2D eigenvalue weighted by Gasteiger charge is -2.25. The number of halogens is 1. The zero-order valence-electron chi connectivity index (χ0n) is 16.9. The van der Waals surface area contributed by atoms with Crippen molar-refractivity contribution >= 4 is 29.1 Å². The minimum Gasteiger partial charge on any atom is -0.507 e. The van der Waals surface area contributed by atoms with E-state index in [9.17, 15) is 14.7 Å². The van der Waals surface area contributed by atoms with Crippen molar-refractivity contribution < 1.29 is 24.2 Å². The Bertz CT molecular complexity index is 937. The number of rotatable bonds is 8. The maximum atomic E-state index is 12.9. The summed E-state index contributed by atoms with van der Waals surface area (Å²) in [5.74, 6) is -0.943. The number of nitrogens with zero attached hydrogens (tertiary/aromatic N) is 1. The number of hydrogen-bond donors (Lipinski definition) is 1. The van der Waals surface area contributed by atoms with Crippen molar-refractivity contribution in [2.24, 2.45) is 0 Å². The molecule has 1 aliphatic heterocycles. The molecule has 7 heteroatoms. The van der Waals surface area contributed by atoms with Gasteiger partial charge in [-0.05, 0) is 55.3 Å². The minimum absolute atomic E-state index is 0.0592. The Kier molecular flexibility index (Phi) is 7.13. The summed E-state index contributed by atoms with van der Waals surface area (Å²) in [6, 6.07) is 12.9. The summed E-state index contributed by atoms with van der Waals surface area (Å²) < 4.78 is 10.5. The topological polar surface area (TPSA) is 76.1 Å². The van der Waals surface area contributed by atoms with Crippen LogP contribution in [0.25, 0.3) is 5.76 Å². The number of amides is 1. The zero-order valence-corrected chi connectivity index (χ0v) is 17.7. The van der Waals surface area contributed by atoms with Gasteiger partial charge in [0.05, 0.1) is 18.7 Å². The number of Topliss-reactive ketones (excluding diaryl/α,β-unsaturated/α-hetero) is 1. The molecule has 1 aliphatic rings. The maximum Gasteiger partial charge on any atom is 0.295 e. The molecule has 30 heavy (non-hydrogen) atoms. The highest BCUT2D eigenvalue weighted by molar-refractivity contribution is 6.46. The summed E-state index contributed by atoms with van der Waals surface area (Å²) in [4.78, 5) is 27.2. The second-order valence-corrected chi connectivity index (χ2v) is 7.26. The van der Waals surface area contributed by atoms with Crippen molar-refractivity contribution in [1.82, 2.24) is 4.90 Å². The van der Waals surface area contributed by atoms with Crippen LogP contribution in [0.3, 0.4) is 0 Å². The van der Waals surface area contributed by atoms with Gasteiger partial charge in [0.2, 0.25) is 0 Å². The number of aliphatic hydroxyl groups is 1. The van der Waals surface area contributed by atoms with E-state index in [1.54, 1.807) is 55.6 Å².